The Kier molecular flexibility index (Phi) is 5.08. The average molecular weight is 389 g/mol. The van der Waals surface area contributed by atoms with Crippen molar-refractivity contribution in [1.29, 1.82) is 0 Å². The molecule has 4 rings (SSSR count). The van der Waals surface area contributed by atoms with Crippen molar-refractivity contribution >= 4 is 23.0 Å². The number of Topliss-reactive ketones (excluding diaryl/α,β-unsaturated/α-hetero) is 1. The first-order chi connectivity index (χ1) is 13.7. The minimum atomic E-state index is -0.591. The normalized spacial score (nSPS) is 16.6. The van der Waals surface area contributed by atoms with Crippen LogP contribution >= 0.6 is 11.3 Å². The Balaban J connectivity index is 1.70. The molecule has 1 aliphatic rings. The first-order valence-corrected chi connectivity index (χ1v) is 9.96. The number of carbonyl (C=O) groups is 2. The van der Waals surface area contributed by atoms with Crippen molar-refractivity contribution in [2.45, 2.75) is 12.5 Å². The van der Waals surface area contributed by atoms with Crippen LogP contribution < -0.4 is 0 Å². The highest BCUT2D eigenvalue weighted by molar-refractivity contribution is 7.12. The van der Waals surface area contributed by atoms with E-state index in [9.17, 15) is 14.7 Å². The lowest BCUT2D eigenvalue weighted by atomic mass is 9.95. The molecule has 1 aromatic heterocycles. The van der Waals surface area contributed by atoms with E-state index in [-0.39, 0.29) is 11.4 Å². The summed E-state index contributed by atoms with van der Waals surface area (Å²) < 4.78 is 0. The molecule has 28 heavy (non-hydrogen) atoms. The number of nitrogens with zero attached hydrogens (tertiary/aromatic N) is 1. The second-order valence-electron chi connectivity index (χ2n) is 6.62. The van der Waals surface area contributed by atoms with E-state index in [4.69, 9.17) is 0 Å². The van der Waals surface area contributed by atoms with Gasteiger partial charge in [-0.25, -0.2) is 0 Å². The van der Waals surface area contributed by atoms with Gasteiger partial charge < -0.3 is 10.0 Å². The number of ketones is 1. The van der Waals surface area contributed by atoms with Gasteiger partial charge in [0.05, 0.1) is 16.5 Å². The number of rotatable bonds is 6. The third kappa shape index (κ3) is 3.37. The summed E-state index contributed by atoms with van der Waals surface area (Å²) in [5, 5.41) is 12.4. The maximum absolute atomic E-state index is 13.1. The van der Waals surface area contributed by atoms with Crippen LogP contribution in [-0.4, -0.2) is 28.2 Å². The molecular formula is C23H19NO3S. The third-order valence-corrected chi connectivity index (χ3v) is 5.76. The van der Waals surface area contributed by atoms with Gasteiger partial charge in [-0.15, -0.1) is 11.3 Å². The van der Waals surface area contributed by atoms with E-state index in [0.717, 1.165) is 11.1 Å². The number of carbonyl (C=O) groups excluding carboxylic acids is 2. The summed E-state index contributed by atoms with van der Waals surface area (Å²) in [4.78, 5) is 28.1. The summed E-state index contributed by atoms with van der Waals surface area (Å²) >= 11 is 1.31. The van der Waals surface area contributed by atoms with Crippen molar-refractivity contribution in [3.05, 3.63) is 106 Å². The van der Waals surface area contributed by atoms with Gasteiger partial charge in [0.15, 0.2) is 5.76 Å². The molecule has 0 fully saturated rings. The van der Waals surface area contributed by atoms with Crippen molar-refractivity contribution in [1.82, 2.24) is 4.90 Å². The zero-order valence-electron chi connectivity index (χ0n) is 15.1. The van der Waals surface area contributed by atoms with Crippen LogP contribution in [0.25, 0.3) is 0 Å². The number of benzene rings is 2. The smallest absolute Gasteiger partial charge is 0.290 e. The highest BCUT2D eigenvalue weighted by atomic mass is 32.1. The molecule has 0 radical (unpaired) electrons. The molecule has 1 N–H and O–H groups in total. The maximum atomic E-state index is 13.1. The summed E-state index contributed by atoms with van der Waals surface area (Å²) in [5.41, 5.74) is 2.07. The molecule has 0 saturated carbocycles. The van der Waals surface area contributed by atoms with Gasteiger partial charge in [0.2, 0.25) is 5.78 Å². The fourth-order valence-electron chi connectivity index (χ4n) is 3.53. The fourth-order valence-corrected chi connectivity index (χ4v) is 4.21. The predicted molar refractivity (Wildman–Crippen MR) is 109 cm³/mol. The Hall–Kier alpha value is -3.18. The van der Waals surface area contributed by atoms with Crippen LogP contribution in [-0.2, 0) is 11.2 Å². The Labute approximate surface area is 167 Å². The topological polar surface area (TPSA) is 57.6 Å². The SMILES string of the molecule is O=C(C1=C(O)C(=O)N(CCc2ccccc2)C1c1ccccc1)c1cccs1. The highest BCUT2D eigenvalue weighted by Crippen LogP contribution is 2.39. The molecule has 1 atom stereocenters. The molecule has 0 saturated heterocycles. The molecule has 140 valence electrons. The van der Waals surface area contributed by atoms with Crippen LogP contribution in [0.1, 0.15) is 26.8 Å². The van der Waals surface area contributed by atoms with E-state index in [1.165, 1.54) is 11.3 Å². The van der Waals surface area contributed by atoms with E-state index in [0.29, 0.717) is 17.8 Å². The van der Waals surface area contributed by atoms with Gasteiger partial charge in [-0.2, -0.15) is 0 Å². The molecule has 4 nitrogen and oxygen atoms in total. The molecule has 2 aromatic carbocycles. The lowest BCUT2D eigenvalue weighted by molar-refractivity contribution is -0.129. The van der Waals surface area contributed by atoms with Gasteiger partial charge >= 0.3 is 0 Å². The van der Waals surface area contributed by atoms with Gasteiger partial charge in [-0.05, 0) is 29.0 Å². The molecule has 1 amide bonds. The van der Waals surface area contributed by atoms with Crippen LogP contribution in [0.15, 0.2) is 89.5 Å². The second kappa shape index (κ2) is 7.82. The third-order valence-electron chi connectivity index (χ3n) is 4.89. The van der Waals surface area contributed by atoms with Gasteiger partial charge in [0, 0.05) is 6.54 Å². The van der Waals surface area contributed by atoms with Gasteiger partial charge in [0.1, 0.15) is 0 Å². The van der Waals surface area contributed by atoms with Gasteiger partial charge in [0.25, 0.3) is 5.91 Å². The van der Waals surface area contributed by atoms with Crippen molar-refractivity contribution in [3.8, 4) is 0 Å². The Bertz CT molecular complexity index is 1010. The molecular weight excluding hydrogens is 370 g/mol. The Morgan fingerprint density at radius 1 is 0.964 bits per heavy atom. The average Bonchev–Trinajstić information content (AvgIpc) is 3.36. The standard InChI is InChI=1S/C23H19NO3S/c25-21(18-12-7-15-28-18)19-20(17-10-5-2-6-11-17)24(23(27)22(19)26)14-13-16-8-3-1-4-9-16/h1-12,15,20,26H,13-14H2. The first kappa shape index (κ1) is 18.2. The van der Waals surface area contributed by atoms with E-state index < -0.39 is 17.7 Å². The van der Waals surface area contributed by atoms with E-state index in [1.807, 2.05) is 66.0 Å². The lowest BCUT2D eigenvalue weighted by Gasteiger charge is -2.26. The summed E-state index contributed by atoms with van der Waals surface area (Å²) in [6, 6.07) is 22.2. The number of amides is 1. The van der Waals surface area contributed by atoms with Crippen molar-refractivity contribution in [3.63, 3.8) is 0 Å². The van der Waals surface area contributed by atoms with Crippen LogP contribution in [0, 0.1) is 0 Å². The number of hydrogen-bond donors (Lipinski definition) is 1. The molecule has 1 aliphatic heterocycles. The van der Waals surface area contributed by atoms with Crippen molar-refractivity contribution in [2.75, 3.05) is 6.54 Å². The Morgan fingerprint density at radius 2 is 1.64 bits per heavy atom. The number of aliphatic hydroxyl groups is 1. The molecule has 1 unspecified atom stereocenters. The van der Waals surface area contributed by atoms with E-state index in [1.54, 1.807) is 17.0 Å². The maximum Gasteiger partial charge on any atom is 0.290 e. The van der Waals surface area contributed by atoms with Crippen LogP contribution in [0.5, 0.6) is 0 Å². The van der Waals surface area contributed by atoms with E-state index in [2.05, 4.69) is 0 Å². The van der Waals surface area contributed by atoms with E-state index >= 15 is 0 Å². The highest BCUT2D eigenvalue weighted by Gasteiger charge is 2.43. The molecule has 2 heterocycles. The van der Waals surface area contributed by atoms with Crippen LogP contribution in [0.3, 0.4) is 0 Å². The molecule has 0 bridgehead atoms. The predicted octanol–water partition coefficient (Wildman–Crippen LogP) is 4.57. The largest absolute Gasteiger partial charge is 0.503 e. The van der Waals surface area contributed by atoms with Crippen molar-refractivity contribution in [2.24, 2.45) is 0 Å². The fraction of sp³-hybridized carbons (Fsp3) is 0.130. The zero-order valence-corrected chi connectivity index (χ0v) is 15.9. The molecule has 0 spiro atoms. The zero-order chi connectivity index (χ0) is 19.5. The minimum absolute atomic E-state index is 0.159. The molecule has 0 aliphatic carbocycles. The number of aliphatic hydroxyl groups excluding tert-OH is 1. The molecule has 5 heteroatoms. The monoisotopic (exact) mass is 389 g/mol. The summed E-state index contributed by atoms with van der Waals surface area (Å²) in [6.45, 7) is 0.410. The molecule has 3 aromatic rings. The quantitative estimate of drug-likeness (QED) is 0.629. The van der Waals surface area contributed by atoms with Gasteiger partial charge in [-0.1, -0.05) is 66.7 Å². The summed E-state index contributed by atoms with van der Waals surface area (Å²) in [6.07, 6.45) is 0.643. The number of hydrogen-bond acceptors (Lipinski definition) is 4. The van der Waals surface area contributed by atoms with Crippen molar-refractivity contribution < 1.29 is 14.7 Å². The summed E-state index contributed by atoms with van der Waals surface area (Å²) in [7, 11) is 0. The summed E-state index contributed by atoms with van der Waals surface area (Å²) in [5.74, 6) is -1.23. The van der Waals surface area contributed by atoms with Gasteiger partial charge in [-0.3, -0.25) is 9.59 Å². The van der Waals surface area contributed by atoms with Crippen LogP contribution in [0.4, 0.5) is 0 Å². The lowest BCUT2D eigenvalue weighted by Crippen LogP contribution is -2.33. The second-order valence-corrected chi connectivity index (χ2v) is 7.56. The first-order valence-electron chi connectivity index (χ1n) is 9.08. The van der Waals surface area contributed by atoms with Crippen LogP contribution in [0.2, 0.25) is 0 Å². The minimum Gasteiger partial charge on any atom is -0.503 e. The number of thiophene rings is 1. The Morgan fingerprint density at radius 3 is 2.29 bits per heavy atom.